The van der Waals surface area contributed by atoms with Gasteiger partial charge in [-0.05, 0) is 19.9 Å². The van der Waals surface area contributed by atoms with Crippen LogP contribution in [-0.2, 0) is 4.79 Å². The number of rotatable bonds is 3. The van der Waals surface area contributed by atoms with Crippen LogP contribution in [0.25, 0.3) is 0 Å². The van der Waals surface area contributed by atoms with Crippen LogP contribution in [0.15, 0.2) is 0 Å². The molecule has 4 heteroatoms. The van der Waals surface area contributed by atoms with Crippen molar-refractivity contribution >= 4 is 5.91 Å². The molecule has 0 aromatic rings. The van der Waals surface area contributed by atoms with Gasteiger partial charge in [0.25, 0.3) is 0 Å². The van der Waals surface area contributed by atoms with Crippen LogP contribution in [0.2, 0.25) is 0 Å². The van der Waals surface area contributed by atoms with Gasteiger partial charge in [-0.3, -0.25) is 4.79 Å². The van der Waals surface area contributed by atoms with E-state index in [-0.39, 0.29) is 12.5 Å². The van der Waals surface area contributed by atoms with Crippen molar-refractivity contribution in [3.63, 3.8) is 0 Å². The highest BCUT2D eigenvalue weighted by Crippen LogP contribution is 2.29. The van der Waals surface area contributed by atoms with E-state index in [1.165, 1.54) is 0 Å². The van der Waals surface area contributed by atoms with Crippen molar-refractivity contribution in [1.29, 1.82) is 5.26 Å². The first-order valence-electron chi connectivity index (χ1n) is 4.59. The molecule has 0 saturated heterocycles. The largest absolute Gasteiger partial charge is 0.341 e. The van der Waals surface area contributed by atoms with Gasteiger partial charge < -0.3 is 10.6 Å². The van der Waals surface area contributed by atoms with Gasteiger partial charge in [-0.15, -0.1) is 0 Å². The second kappa shape index (κ2) is 4.24. The fourth-order valence-electron chi connectivity index (χ4n) is 1.86. The fraction of sp³-hybridized carbons (Fsp3) is 0.778. The lowest BCUT2D eigenvalue weighted by molar-refractivity contribution is -0.127. The van der Waals surface area contributed by atoms with Gasteiger partial charge in [0.05, 0.1) is 11.6 Å². The van der Waals surface area contributed by atoms with Crippen LogP contribution < -0.4 is 10.6 Å². The van der Waals surface area contributed by atoms with Crippen LogP contribution in [0.3, 0.4) is 0 Å². The number of nitrogens with one attached hydrogen (secondary N) is 2. The number of hydrogen-bond acceptors (Lipinski definition) is 3. The van der Waals surface area contributed by atoms with Crippen molar-refractivity contribution in [3.8, 4) is 6.07 Å². The summed E-state index contributed by atoms with van der Waals surface area (Å²) in [7, 11) is 1.80. The highest BCUT2D eigenvalue weighted by atomic mass is 16.2. The second-order valence-electron chi connectivity index (χ2n) is 3.38. The molecule has 0 spiro atoms. The van der Waals surface area contributed by atoms with Crippen molar-refractivity contribution in [2.75, 3.05) is 13.6 Å². The first-order chi connectivity index (χ1) is 6.25. The Morgan fingerprint density at radius 2 is 2.15 bits per heavy atom. The summed E-state index contributed by atoms with van der Waals surface area (Å²) in [4.78, 5) is 11.6. The fourth-order valence-corrected chi connectivity index (χ4v) is 1.86. The molecule has 13 heavy (non-hydrogen) atoms. The number of nitriles is 1. The van der Waals surface area contributed by atoms with Crippen LogP contribution in [0.5, 0.6) is 0 Å². The van der Waals surface area contributed by atoms with Crippen LogP contribution in [-0.4, -0.2) is 25.0 Å². The molecule has 0 atom stereocenters. The molecule has 0 bridgehead atoms. The third kappa shape index (κ3) is 1.99. The third-order valence-corrected chi connectivity index (χ3v) is 2.70. The minimum absolute atomic E-state index is 0.0333. The quantitative estimate of drug-likeness (QED) is 0.609. The van der Waals surface area contributed by atoms with Crippen molar-refractivity contribution in [2.24, 2.45) is 0 Å². The summed E-state index contributed by atoms with van der Waals surface area (Å²) in [6.45, 7) is 0.0995. The molecule has 1 saturated carbocycles. The maximum Gasteiger partial charge on any atom is 0.241 e. The van der Waals surface area contributed by atoms with Crippen LogP contribution in [0.4, 0.5) is 0 Å². The van der Waals surface area contributed by atoms with Crippen molar-refractivity contribution in [1.82, 2.24) is 10.6 Å². The summed E-state index contributed by atoms with van der Waals surface area (Å²) >= 11 is 0. The Labute approximate surface area is 78.3 Å². The summed E-state index contributed by atoms with van der Waals surface area (Å²) in [5.74, 6) is -0.0333. The molecule has 0 heterocycles. The maximum atomic E-state index is 11.6. The topological polar surface area (TPSA) is 64.9 Å². The van der Waals surface area contributed by atoms with Gasteiger partial charge in [0, 0.05) is 0 Å². The summed E-state index contributed by atoms with van der Waals surface area (Å²) in [5.41, 5.74) is -0.406. The normalized spacial score (nSPS) is 19.4. The van der Waals surface area contributed by atoms with E-state index in [4.69, 9.17) is 5.26 Å². The van der Waals surface area contributed by atoms with Gasteiger partial charge in [-0.2, -0.15) is 5.26 Å². The molecule has 1 fully saturated rings. The highest BCUT2D eigenvalue weighted by molar-refractivity contribution is 5.86. The molecule has 0 radical (unpaired) electrons. The molecule has 1 amide bonds. The Kier molecular flexibility index (Phi) is 3.26. The molecular formula is C9H15N3O. The minimum Gasteiger partial charge on any atom is -0.341 e. The molecule has 1 aliphatic carbocycles. The number of carbonyl (C=O) groups excluding carboxylic acids is 1. The lowest BCUT2D eigenvalue weighted by Gasteiger charge is -2.26. The monoisotopic (exact) mass is 181 g/mol. The molecule has 1 aliphatic rings. The number of likely N-dealkylation sites (N-methyl/N-ethyl adjacent to an activating group) is 1. The van der Waals surface area contributed by atoms with Crippen LogP contribution in [0, 0.1) is 11.3 Å². The SMILES string of the molecule is CNC1(C(=O)NCC#N)CCCC1. The van der Waals surface area contributed by atoms with E-state index in [2.05, 4.69) is 10.6 Å². The Hall–Kier alpha value is -1.08. The van der Waals surface area contributed by atoms with E-state index in [1.54, 1.807) is 7.05 Å². The lowest BCUT2D eigenvalue weighted by atomic mass is 9.97. The predicted octanol–water partition coefficient (Wildman–Crippen LogP) is 0.158. The number of amides is 1. The smallest absolute Gasteiger partial charge is 0.241 e. The van der Waals surface area contributed by atoms with Gasteiger partial charge in [0.1, 0.15) is 6.54 Å². The van der Waals surface area contributed by atoms with Gasteiger partial charge in [0.15, 0.2) is 0 Å². The molecular weight excluding hydrogens is 166 g/mol. The zero-order valence-corrected chi connectivity index (χ0v) is 7.89. The van der Waals surface area contributed by atoms with Crippen LogP contribution in [0.1, 0.15) is 25.7 Å². The molecule has 0 aliphatic heterocycles. The Morgan fingerprint density at radius 1 is 1.54 bits per heavy atom. The first kappa shape index (κ1) is 10.0. The van der Waals surface area contributed by atoms with E-state index in [1.807, 2.05) is 6.07 Å². The third-order valence-electron chi connectivity index (χ3n) is 2.70. The van der Waals surface area contributed by atoms with Gasteiger partial charge in [-0.25, -0.2) is 0 Å². The van der Waals surface area contributed by atoms with E-state index < -0.39 is 5.54 Å². The van der Waals surface area contributed by atoms with E-state index >= 15 is 0 Å². The number of hydrogen-bond donors (Lipinski definition) is 2. The number of carbonyl (C=O) groups is 1. The van der Waals surface area contributed by atoms with Crippen molar-refractivity contribution in [2.45, 2.75) is 31.2 Å². The summed E-state index contributed by atoms with van der Waals surface area (Å²) in [5, 5.41) is 14.0. The van der Waals surface area contributed by atoms with E-state index in [0.29, 0.717) is 0 Å². The van der Waals surface area contributed by atoms with E-state index in [0.717, 1.165) is 25.7 Å². The molecule has 1 rings (SSSR count). The first-order valence-corrected chi connectivity index (χ1v) is 4.59. The zero-order chi connectivity index (χ0) is 9.73. The molecule has 0 aromatic carbocycles. The minimum atomic E-state index is -0.406. The Balaban J connectivity index is 2.55. The lowest BCUT2D eigenvalue weighted by Crippen LogP contribution is -2.53. The van der Waals surface area contributed by atoms with Gasteiger partial charge >= 0.3 is 0 Å². The molecule has 4 nitrogen and oxygen atoms in total. The molecule has 2 N–H and O–H groups in total. The average Bonchev–Trinajstić information content (AvgIpc) is 2.63. The van der Waals surface area contributed by atoms with Gasteiger partial charge in [0.2, 0.25) is 5.91 Å². The molecule has 0 unspecified atom stereocenters. The highest BCUT2D eigenvalue weighted by Gasteiger charge is 2.39. The second-order valence-corrected chi connectivity index (χ2v) is 3.38. The van der Waals surface area contributed by atoms with Crippen molar-refractivity contribution < 1.29 is 4.79 Å². The molecule has 72 valence electrons. The molecule has 0 aromatic heterocycles. The maximum absolute atomic E-state index is 11.6. The van der Waals surface area contributed by atoms with E-state index in [9.17, 15) is 4.79 Å². The number of nitrogens with zero attached hydrogens (tertiary/aromatic N) is 1. The predicted molar refractivity (Wildman–Crippen MR) is 48.9 cm³/mol. The van der Waals surface area contributed by atoms with Gasteiger partial charge in [-0.1, -0.05) is 12.8 Å². The average molecular weight is 181 g/mol. The zero-order valence-electron chi connectivity index (χ0n) is 7.89. The Bertz CT molecular complexity index is 226. The Morgan fingerprint density at radius 3 is 2.62 bits per heavy atom. The van der Waals surface area contributed by atoms with Crippen LogP contribution >= 0.6 is 0 Å². The summed E-state index contributed by atoms with van der Waals surface area (Å²) in [6, 6.07) is 1.90. The van der Waals surface area contributed by atoms with Crippen molar-refractivity contribution in [3.05, 3.63) is 0 Å². The standard InChI is InChI=1S/C9H15N3O/c1-11-9(4-2-3-5-9)8(13)12-7-6-10/h11H,2-5,7H2,1H3,(H,12,13). The summed E-state index contributed by atoms with van der Waals surface area (Å²) < 4.78 is 0. The summed E-state index contributed by atoms with van der Waals surface area (Å²) in [6.07, 6.45) is 3.92.